The predicted molar refractivity (Wildman–Crippen MR) is 94.2 cm³/mol. The molecule has 0 saturated carbocycles. The number of aromatic nitrogens is 1. The van der Waals surface area contributed by atoms with Gasteiger partial charge in [-0.1, -0.05) is 6.92 Å². The third kappa shape index (κ3) is 5.34. The first-order chi connectivity index (χ1) is 11.5. The molecule has 24 heavy (non-hydrogen) atoms. The maximum Gasteiger partial charge on any atom is 0.321 e. The van der Waals surface area contributed by atoms with E-state index >= 15 is 0 Å². The highest BCUT2D eigenvalue weighted by atomic mass is 32.1. The number of hydrogen-bond donors (Lipinski definition) is 2. The molecule has 7 heteroatoms. The third-order valence-electron chi connectivity index (χ3n) is 3.33. The average molecular weight is 347 g/mol. The van der Waals surface area contributed by atoms with Gasteiger partial charge in [-0.25, -0.2) is 9.78 Å². The summed E-state index contributed by atoms with van der Waals surface area (Å²) in [6, 6.07) is 6.84. The lowest BCUT2D eigenvalue weighted by molar-refractivity contribution is -0.122. The highest BCUT2D eigenvalue weighted by molar-refractivity contribution is 7.13. The van der Waals surface area contributed by atoms with Crippen molar-refractivity contribution >= 4 is 23.3 Å². The molecule has 2 N–H and O–H groups in total. The molecular formula is C17H21N3O3S. The number of imide groups is 1. The van der Waals surface area contributed by atoms with E-state index in [0.717, 1.165) is 22.7 Å². The van der Waals surface area contributed by atoms with Crippen LogP contribution >= 0.6 is 11.3 Å². The topological polar surface area (TPSA) is 80.3 Å². The van der Waals surface area contributed by atoms with Crippen LogP contribution in [0.25, 0.3) is 10.6 Å². The Morgan fingerprint density at radius 1 is 1.29 bits per heavy atom. The van der Waals surface area contributed by atoms with Gasteiger partial charge in [-0.05, 0) is 44.5 Å². The lowest BCUT2D eigenvalue weighted by Crippen LogP contribution is -2.44. The lowest BCUT2D eigenvalue weighted by Gasteiger charge is -2.12. The number of amides is 3. The summed E-state index contributed by atoms with van der Waals surface area (Å²) in [5, 5.41) is 7.82. The summed E-state index contributed by atoms with van der Waals surface area (Å²) in [4.78, 5) is 27.6. The van der Waals surface area contributed by atoms with Crippen LogP contribution < -0.4 is 15.4 Å². The Bertz CT molecular complexity index is 697. The Morgan fingerprint density at radius 2 is 2.00 bits per heavy atom. The number of aryl methyl sites for hydroxylation is 1. The molecule has 0 unspecified atom stereocenters. The van der Waals surface area contributed by atoms with E-state index in [0.29, 0.717) is 5.75 Å². The summed E-state index contributed by atoms with van der Waals surface area (Å²) in [6.07, 6.45) is 0.795. The molecule has 0 bridgehead atoms. The highest BCUT2D eigenvalue weighted by Crippen LogP contribution is 2.25. The van der Waals surface area contributed by atoms with Crippen molar-refractivity contribution in [3.63, 3.8) is 0 Å². The molecule has 0 aliphatic carbocycles. The van der Waals surface area contributed by atoms with Crippen LogP contribution in [0.5, 0.6) is 5.75 Å². The van der Waals surface area contributed by atoms with E-state index in [4.69, 9.17) is 4.74 Å². The van der Waals surface area contributed by atoms with Crippen LogP contribution in [0.1, 0.15) is 26.0 Å². The van der Waals surface area contributed by atoms with Crippen LogP contribution in [0.15, 0.2) is 29.6 Å². The molecule has 1 aromatic carbocycles. The van der Waals surface area contributed by atoms with Crippen molar-refractivity contribution < 1.29 is 14.3 Å². The van der Waals surface area contributed by atoms with Gasteiger partial charge in [-0.2, -0.15) is 0 Å². The number of ether oxygens (including phenoxy) is 1. The fourth-order valence-electron chi connectivity index (χ4n) is 1.85. The number of carbonyl (C=O) groups is 2. The molecular weight excluding hydrogens is 326 g/mol. The van der Waals surface area contributed by atoms with Gasteiger partial charge in [-0.3, -0.25) is 10.1 Å². The third-order valence-corrected chi connectivity index (χ3v) is 4.34. The van der Waals surface area contributed by atoms with E-state index in [-0.39, 0.29) is 12.6 Å². The maximum absolute atomic E-state index is 11.7. The van der Waals surface area contributed by atoms with Crippen LogP contribution in [0.2, 0.25) is 0 Å². The zero-order valence-corrected chi connectivity index (χ0v) is 14.8. The van der Waals surface area contributed by atoms with Crippen LogP contribution in [0.4, 0.5) is 4.79 Å². The second-order valence-electron chi connectivity index (χ2n) is 5.44. The van der Waals surface area contributed by atoms with E-state index < -0.39 is 11.9 Å². The number of benzene rings is 1. The van der Waals surface area contributed by atoms with Crippen molar-refractivity contribution in [1.29, 1.82) is 0 Å². The van der Waals surface area contributed by atoms with Gasteiger partial charge in [0.25, 0.3) is 5.91 Å². The molecule has 0 radical (unpaired) electrons. The van der Waals surface area contributed by atoms with Gasteiger partial charge in [0.15, 0.2) is 6.61 Å². The van der Waals surface area contributed by atoms with Crippen LogP contribution in [0, 0.1) is 6.92 Å². The number of hydrogen-bond acceptors (Lipinski definition) is 5. The molecule has 6 nitrogen and oxygen atoms in total. The molecule has 2 aromatic rings. The van der Waals surface area contributed by atoms with Crippen LogP contribution in [0.3, 0.4) is 0 Å². The van der Waals surface area contributed by atoms with Gasteiger partial charge in [-0.15, -0.1) is 11.3 Å². The summed E-state index contributed by atoms with van der Waals surface area (Å²) < 4.78 is 5.39. The second-order valence-corrected chi connectivity index (χ2v) is 6.30. The van der Waals surface area contributed by atoms with Gasteiger partial charge >= 0.3 is 6.03 Å². The highest BCUT2D eigenvalue weighted by Gasteiger charge is 2.10. The second kappa shape index (κ2) is 8.44. The summed E-state index contributed by atoms with van der Waals surface area (Å²) in [5.41, 5.74) is 1.99. The summed E-state index contributed by atoms with van der Waals surface area (Å²) in [7, 11) is 0. The van der Waals surface area contributed by atoms with E-state index in [9.17, 15) is 9.59 Å². The van der Waals surface area contributed by atoms with E-state index in [2.05, 4.69) is 15.6 Å². The van der Waals surface area contributed by atoms with Gasteiger partial charge < -0.3 is 10.1 Å². The minimum Gasteiger partial charge on any atom is -0.484 e. The van der Waals surface area contributed by atoms with E-state index in [1.165, 1.54) is 0 Å². The zero-order valence-electron chi connectivity index (χ0n) is 14.0. The summed E-state index contributed by atoms with van der Waals surface area (Å²) >= 11 is 1.58. The van der Waals surface area contributed by atoms with E-state index in [1.807, 2.05) is 38.3 Å². The van der Waals surface area contributed by atoms with Crippen LogP contribution in [-0.2, 0) is 4.79 Å². The van der Waals surface area contributed by atoms with Gasteiger partial charge in [0.2, 0.25) is 0 Å². The quantitative estimate of drug-likeness (QED) is 0.841. The first-order valence-electron chi connectivity index (χ1n) is 7.73. The Morgan fingerprint density at radius 3 is 2.58 bits per heavy atom. The Hall–Kier alpha value is -2.41. The smallest absolute Gasteiger partial charge is 0.321 e. The average Bonchev–Trinajstić information content (AvgIpc) is 2.99. The monoisotopic (exact) mass is 347 g/mol. The van der Waals surface area contributed by atoms with Crippen molar-refractivity contribution in [2.24, 2.45) is 0 Å². The molecule has 0 saturated heterocycles. The lowest BCUT2D eigenvalue weighted by atomic mass is 10.2. The van der Waals surface area contributed by atoms with Gasteiger partial charge in [0.05, 0.1) is 0 Å². The molecule has 1 atom stereocenters. The fourth-order valence-corrected chi connectivity index (χ4v) is 2.66. The van der Waals surface area contributed by atoms with E-state index in [1.54, 1.807) is 23.5 Å². The molecule has 0 aliphatic rings. The minimum atomic E-state index is -0.507. The number of thiazole rings is 1. The summed E-state index contributed by atoms with van der Waals surface area (Å²) in [6.45, 7) is 5.55. The molecule has 3 amide bonds. The maximum atomic E-state index is 11.7. The standard InChI is InChI=1S/C17H21N3O3S/c1-4-11(2)19-17(22)20-15(21)9-23-14-7-5-13(6-8-14)16-18-12(3)10-24-16/h5-8,10-11H,4,9H2,1-3H3,(H2,19,20,21,22)/t11-/m0/s1. The predicted octanol–water partition coefficient (Wildman–Crippen LogP) is 3.12. The van der Waals surface area contributed by atoms with Gasteiger partial charge in [0, 0.05) is 22.7 Å². The van der Waals surface area contributed by atoms with Gasteiger partial charge in [0.1, 0.15) is 10.8 Å². The summed E-state index contributed by atoms with van der Waals surface area (Å²) in [5.74, 6) is 0.0694. The largest absolute Gasteiger partial charge is 0.484 e. The molecule has 128 valence electrons. The Labute approximate surface area is 145 Å². The number of nitrogens with one attached hydrogen (secondary N) is 2. The minimum absolute atomic E-state index is 0.0146. The molecule has 2 rings (SSSR count). The molecule has 0 fully saturated rings. The van der Waals surface area contributed by atoms with Crippen molar-refractivity contribution in [3.05, 3.63) is 35.3 Å². The fraction of sp³-hybridized carbons (Fsp3) is 0.353. The van der Waals surface area contributed by atoms with Crippen molar-refractivity contribution in [3.8, 4) is 16.3 Å². The number of nitrogens with zero attached hydrogens (tertiary/aromatic N) is 1. The molecule has 0 spiro atoms. The van der Waals surface area contributed by atoms with Crippen molar-refractivity contribution in [2.75, 3.05) is 6.61 Å². The molecule has 1 heterocycles. The van der Waals surface area contributed by atoms with Crippen LogP contribution in [-0.4, -0.2) is 29.6 Å². The Kier molecular flexibility index (Phi) is 6.31. The zero-order chi connectivity index (χ0) is 17.5. The normalized spacial score (nSPS) is 11.6. The Balaban J connectivity index is 1.81. The first kappa shape index (κ1) is 17.9. The van der Waals surface area contributed by atoms with Crippen molar-refractivity contribution in [1.82, 2.24) is 15.6 Å². The first-order valence-corrected chi connectivity index (χ1v) is 8.61. The SMILES string of the molecule is CC[C@H](C)NC(=O)NC(=O)COc1ccc(-c2nc(C)cs2)cc1. The number of carbonyl (C=O) groups excluding carboxylic acids is 2. The number of urea groups is 1. The molecule has 1 aromatic heterocycles. The number of rotatable bonds is 6. The van der Waals surface area contributed by atoms with Crippen molar-refractivity contribution in [2.45, 2.75) is 33.2 Å². The molecule has 0 aliphatic heterocycles.